The maximum Gasteiger partial charge on any atom is 0.352 e. The molecular weight excluding hydrogens is 290 g/mol. The van der Waals surface area contributed by atoms with Crippen LogP contribution in [0.3, 0.4) is 0 Å². The average Bonchev–Trinajstić information content (AvgIpc) is 2.46. The second-order valence-electron chi connectivity index (χ2n) is 2.26. The Hall–Kier alpha value is -0.290. The highest BCUT2D eigenvalue weighted by Crippen LogP contribution is 2.16. The third kappa shape index (κ3) is 1.90. The van der Waals surface area contributed by atoms with Gasteiger partial charge in [0.15, 0.2) is 0 Å². The number of halogens is 2. The van der Waals surface area contributed by atoms with Crippen molar-refractivity contribution >= 4 is 37.8 Å². The number of H-pyrrole nitrogens is 1. The van der Waals surface area contributed by atoms with Gasteiger partial charge in [0, 0.05) is 16.4 Å². The van der Waals surface area contributed by atoms with E-state index in [-0.39, 0.29) is 5.69 Å². The third-order valence-electron chi connectivity index (χ3n) is 1.50. The molecule has 66 valence electrons. The number of hydrogen-bond donors (Lipinski definition) is 2. The van der Waals surface area contributed by atoms with Crippen LogP contribution in [0.1, 0.15) is 21.7 Å². The van der Waals surface area contributed by atoms with Gasteiger partial charge < -0.3 is 10.1 Å². The molecule has 0 saturated carbocycles. The summed E-state index contributed by atoms with van der Waals surface area (Å²) in [7, 11) is 0. The number of carbonyl (C=O) groups is 1. The molecule has 1 aromatic heterocycles. The van der Waals surface area contributed by atoms with E-state index in [2.05, 4.69) is 36.8 Å². The summed E-state index contributed by atoms with van der Waals surface area (Å²) in [5, 5.41) is 9.96. The smallest absolute Gasteiger partial charge is 0.352 e. The van der Waals surface area contributed by atoms with Crippen LogP contribution in [0.15, 0.2) is 6.07 Å². The lowest BCUT2D eigenvalue weighted by atomic mass is 10.3. The molecule has 3 nitrogen and oxygen atoms in total. The van der Waals surface area contributed by atoms with Crippen molar-refractivity contribution in [2.45, 2.75) is 10.7 Å². The van der Waals surface area contributed by atoms with Crippen molar-refractivity contribution in [2.75, 3.05) is 0 Å². The molecule has 0 fully saturated rings. The van der Waals surface area contributed by atoms with Gasteiger partial charge in [0.25, 0.3) is 0 Å². The highest BCUT2D eigenvalue weighted by atomic mass is 79.9. The first-order valence-corrected chi connectivity index (χ1v) is 5.49. The average molecular weight is 297 g/mol. The molecule has 0 spiro atoms. The summed E-state index contributed by atoms with van der Waals surface area (Å²) in [6, 6.07) is 1.63. The Morgan fingerprint density at radius 3 is 2.50 bits per heavy atom. The van der Waals surface area contributed by atoms with E-state index >= 15 is 0 Å². The van der Waals surface area contributed by atoms with Crippen LogP contribution in [-0.2, 0) is 10.7 Å². The second kappa shape index (κ2) is 4.09. The van der Waals surface area contributed by atoms with Crippen molar-refractivity contribution in [2.24, 2.45) is 0 Å². The van der Waals surface area contributed by atoms with Crippen LogP contribution in [0.5, 0.6) is 0 Å². The summed E-state index contributed by atoms with van der Waals surface area (Å²) >= 11 is 6.54. The van der Waals surface area contributed by atoms with Gasteiger partial charge in [-0.15, -0.1) is 0 Å². The van der Waals surface area contributed by atoms with E-state index in [1.165, 1.54) is 0 Å². The van der Waals surface area contributed by atoms with Crippen molar-refractivity contribution in [3.05, 3.63) is 23.0 Å². The molecule has 0 radical (unpaired) electrons. The van der Waals surface area contributed by atoms with Crippen LogP contribution in [-0.4, -0.2) is 16.1 Å². The van der Waals surface area contributed by atoms with E-state index in [9.17, 15) is 4.79 Å². The highest BCUT2D eigenvalue weighted by Gasteiger charge is 2.10. The molecular formula is C7H7Br2NO2. The van der Waals surface area contributed by atoms with Gasteiger partial charge in [-0.2, -0.15) is 0 Å². The maximum atomic E-state index is 10.5. The van der Waals surface area contributed by atoms with Crippen LogP contribution >= 0.6 is 31.9 Å². The van der Waals surface area contributed by atoms with Crippen LogP contribution in [0.25, 0.3) is 0 Å². The van der Waals surface area contributed by atoms with Gasteiger partial charge >= 0.3 is 5.97 Å². The zero-order chi connectivity index (χ0) is 9.14. The number of aromatic nitrogens is 1. The second-order valence-corrected chi connectivity index (χ2v) is 3.38. The maximum absolute atomic E-state index is 10.5. The molecule has 0 aliphatic heterocycles. The van der Waals surface area contributed by atoms with Gasteiger partial charge in [0.05, 0.1) is 0 Å². The standard InChI is InChI=1S/C7H7Br2NO2/c8-2-4-1-5(7(11)12)10-6(4)3-9/h1,10H,2-3H2,(H,11,12). The Morgan fingerprint density at radius 2 is 2.17 bits per heavy atom. The number of aromatic carboxylic acids is 1. The fraction of sp³-hybridized carbons (Fsp3) is 0.286. The molecule has 0 atom stereocenters. The number of alkyl halides is 2. The van der Waals surface area contributed by atoms with Crippen molar-refractivity contribution in [1.29, 1.82) is 0 Å². The lowest BCUT2D eigenvalue weighted by Crippen LogP contribution is -1.95. The minimum Gasteiger partial charge on any atom is -0.477 e. The van der Waals surface area contributed by atoms with Crippen molar-refractivity contribution in [3.63, 3.8) is 0 Å². The Labute approximate surface area is 86.4 Å². The Bertz CT molecular complexity index is 274. The number of carboxylic acid groups (broad SMARTS) is 1. The SMILES string of the molecule is O=C(O)c1cc(CBr)c(CBr)[nH]1. The molecule has 0 unspecified atom stereocenters. The molecule has 12 heavy (non-hydrogen) atoms. The third-order valence-corrected chi connectivity index (χ3v) is 2.66. The number of rotatable bonds is 3. The first kappa shape index (κ1) is 9.80. The molecule has 0 aromatic carbocycles. The lowest BCUT2D eigenvalue weighted by Gasteiger charge is -1.92. The molecule has 0 bridgehead atoms. The van der Waals surface area contributed by atoms with Gasteiger partial charge in [-0.25, -0.2) is 4.79 Å². The van der Waals surface area contributed by atoms with Crippen molar-refractivity contribution in [1.82, 2.24) is 4.98 Å². The van der Waals surface area contributed by atoms with Gasteiger partial charge in [-0.05, 0) is 11.6 Å². The van der Waals surface area contributed by atoms with Gasteiger partial charge in [-0.3, -0.25) is 0 Å². The van der Waals surface area contributed by atoms with E-state index in [0.29, 0.717) is 10.7 Å². The summed E-state index contributed by atoms with van der Waals surface area (Å²) in [6.45, 7) is 0. The van der Waals surface area contributed by atoms with Gasteiger partial charge in [0.2, 0.25) is 0 Å². The lowest BCUT2D eigenvalue weighted by molar-refractivity contribution is 0.0691. The highest BCUT2D eigenvalue weighted by molar-refractivity contribution is 9.09. The van der Waals surface area contributed by atoms with E-state index in [1.807, 2.05) is 0 Å². The number of carboxylic acids is 1. The quantitative estimate of drug-likeness (QED) is 0.842. The van der Waals surface area contributed by atoms with Crippen LogP contribution in [0.2, 0.25) is 0 Å². The van der Waals surface area contributed by atoms with Crippen molar-refractivity contribution < 1.29 is 9.90 Å². The Kier molecular flexibility index (Phi) is 3.34. The van der Waals surface area contributed by atoms with Crippen LogP contribution in [0, 0.1) is 0 Å². The topological polar surface area (TPSA) is 53.1 Å². The van der Waals surface area contributed by atoms with Crippen LogP contribution in [0.4, 0.5) is 0 Å². The largest absolute Gasteiger partial charge is 0.477 e. The number of hydrogen-bond acceptors (Lipinski definition) is 1. The minimum absolute atomic E-state index is 0.235. The molecule has 0 saturated heterocycles. The molecule has 0 amide bonds. The monoisotopic (exact) mass is 295 g/mol. The molecule has 2 N–H and O–H groups in total. The summed E-state index contributed by atoms with van der Waals surface area (Å²) in [5.74, 6) is -0.926. The summed E-state index contributed by atoms with van der Waals surface area (Å²) in [4.78, 5) is 13.3. The fourth-order valence-corrected chi connectivity index (χ4v) is 1.89. The molecule has 0 aliphatic carbocycles. The number of aromatic amines is 1. The zero-order valence-electron chi connectivity index (χ0n) is 6.10. The Balaban J connectivity index is 3.05. The summed E-state index contributed by atoms with van der Waals surface area (Å²) < 4.78 is 0. The zero-order valence-corrected chi connectivity index (χ0v) is 9.27. The normalized spacial score (nSPS) is 10.2. The molecule has 0 aliphatic rings. The molecule has 1 aromatic rings. The molecule has 1 heterocycles. The van der Waals surface area contributed by atoms with Gasteiger partial charge in [0.1, 0.15) is 5.69 Å². The van der Waals surface area contributed by atoms with Crippen molar-refractivity contribution in [3.8, 4) is 0 Å². The van der Waals surface area contributed by atoms with Crippen LogP contribution < -0.4 is 0 Å². The van der Waals surface area contributed by atoms with E-state index in [1.54, 1.807) is 6.07 Å². The summed E-state index contributed by atoms with van der Waals surface area (Å²) in [6.07, 6.45) is 0. The molecule has 5 heteroatoms. The fourth-order valence-electron chi connectivity index (χ4n) is 0.894. The predicted octanol–water partition coefficient (Wildman–Crippen LogP) is 2.50. The Morgan fingerprint density at radius 1 is 1.50 bits per heavy atom. The van der Waals surface area contributed by atoms with E-state index < -0.39 is 5.97 Å². The molecule has 1 rings (SSSR count). The van der Waals surface area contributed by atoms with E-state index in [0.717, 1.165) is 11.3 Å². The first-order chi connectivity index (χ1) is 5.69. The predicted molar refractivity (Wildman–Crippen MR) is 53.0 cm³/mol. The van der Waals surface area contributed by atoms with Gasteiger partial charge in [-0.1, -0.05) is 31.9 Å². The number of nitrogens with one attached hydrogen (secondary N) is 1. The minimum atomic E-state index is -0.926. The van der Waals surface area contributed by atoms with E-state index in [4.69, 9.17) is 5.11 Å². The summed E-state index contributed by atoms with van der Waals surface area (Å²) in [5.41, 5.74) is 2.12. The first-order valence-electron chi connectivity index (χ1n) is 3.25.